The van der Waals surface area contributed by atoms with Gasteiger partial charge in [0.2, 0.25) is 0 Å². The lowest BCUT2D eigenvalue weighted by atomic mass is 9.97. The first-order valence-electron chi connectivity index (χ1n) is 11.9. The lowest BCUT2D eigenvalue weighted by Gasteiger charge is -2.38. The van der Waals surface area contributed by atoms with Crippen molar-refractivity contribution in [1.29, 1.82) is 0 Å². The summed E-state index contributed by atoms with van der Waals surface area (Å²) in [6.07, 6.45) is 8.44. The van der Waals surface area contributed by atoms with Crippen molar-refractivity contribution in [2.75, 3.05) is 13.7 Å². The average Bonchev–Trinajstić information content (AvgIpc) is 3.34. The molecular formula is C25H34BrNO5. The van der Waals surface area contributed by atoms with Crippen LogP contribution in [0.15, 0.2) is 30.3 Å². The normalized spacial score (nSPS) is 32.0. The third-order valence-electron chi connectivity index (χ3n) is 7.79. The standard InChI is InChI=1S/C25H33NO5.BrH/c1-26-20-13-18(14-21(26)24-23(20)31-24)30-25(28)19(17-9-3-2-4-10-17)15-29-22(27)12-11-16-7-5-6-8-16;/h2-4,9-10,16,18-21,23-24H,5-8,11-15H2,1H3;1H/t18?,19-,20-,21+,23-,24+;/m1./s1. The molecule has 4 fully saturated rings. The Labute approximate surface area is 200 Å². The highest BCUT2D eigenvalue weighted by atomic mass is 79.9. The summed E-state index contributed by atoms with van der Waals surface area (Å²) in [6, 6.07) is 10.2. The first-order valence-corrected chi connectivity index (χ1v) is 11.9. The molecule has 1 unspecified atom stereocenters. The Balaban J connectivity index is 0.00000245. The van der Waals surface area contributed by atoms with E-state index in [1.165, 1.54) is 25.7 Å². The van der Waals surface area contributed by atoms with Crippen LogP contribution in [-0.4, -0.2) is 60.9 Å². The van der Waals surface area contributed by atoms with E-state index in [2.05, 4.69) is 11.9 Å². The summed E-state index contributed by atoms with van der Waals surface area (Å²) >= 11 is 0. The van der Waals surface area contributed by atoms with Crippen LogP contribution < -0.4 is 0 Å². The summed E-state index contributed by atoms with van der Waals surface area (Å²) in [5, 5.41) is 0. The van der Waals surface area contributed by atoms with Crippen LogP contribution in [0.5, 0.6) is 0 Å². The van der Waals surface area contributed by atoms with E-state index >= 15 is 0 Å². The highest BCUT2D eigenvalue weighted by molar-refractivity contribution is 8.93. The van der Waals surface area contributed by atoms with Crippen molar-refractivity contribution in [1.82, 2.24) is 4.90 Å². The van der Waals surface area contributed by atoms with Crippen LogP contribution in [0.4, 0.5) is 0 Å². The molecule has 3 heterocycles. The van der Waals surface area contributed by atoms with Gasteiger partial charge in [-0.15, -0.1) is 17.0 Å². The maximum absolute atomic E-state index is 13.1. The molecule has 6 atom stereocenters. The number of ether oxygens (including phenoxy) is 3. The molecule has 0 amide bonds. The molecule has 1 aromatic rings. The summed E-state index contributed by atoms with van der Waals surface area (Å²) in [6.45, 7) is 0.0419. The minimum atomic E-state index is -0.584. The van der Waals surface area contributed by atoms with Crippen LogP contribution in [0.25, 0.3) is 0 Å². The van der Waals surface area contributed by atoms with Crippen molar-refractivity contribution in [3.05, 3.63) is 35.9 Å². The van der Waals surface area contributed by atoms with Gasteiger partial charge in [0.25, 0.3) is 0 Å². The Morgan fingerprint density at radius 3 is 2.41 bits per heavy atom. The molecule has 32 heavy (non-hydrogen) atoms. The molecule has 0 aromatic heterocycles. The number of fused-ring (bicyclic) bond motifs is 5. The fraction of sp³-hybridized carbons (Fsp3) is 0.680. The lowest BCUT2D eigenvalue weighted by molar-refractivity contribution is -0.159. The molecule has 1 saturated carbocycles. The van der Waals surface area contributed by atoms with E-state index in [9.17, 15) is 9.59 Å². The molecule has 4 aliphatic rings. The summed E-state index contributed by atoms with van der Waals surface area (Å²) in [5.41, 5.74) is 0.832. The zero-order chi connectivity index (χ0) is 21.4. The highest BCUT2D eigenvalue weighted by Crippen LogP contribution is 2.48. The van der Waals surface area contributed by atoms with Crippen LogP contribution in [0.3, 0.4) is 0 Å². The van der Waals surface area contributed by atoms with Gasteiger partial charge in [-0.3, -0.25) is 14.5 Å². The van der Waals surface area contributed by atoms with Crippen molar-refractivity contribution in [2.24, 2.45) is 5.92 Å². The average molecular weight is 508 g/mol. The number of hydrogen-bond acceptors (Lipinski definition) is 6. The minimum absolute atomic E-state index is 0. The van der Waals surface area contributed by atoms with Gasteiger partial charge >= 0.3 is 11.9 Å². The molecule has 1 aliphatic carbocycles. The number of hydrogen-bond donors (Lipinski definition) is 0. The summed E-state index contributed by atoms with van der Waals surface area (Å²) in [4.78, 5) is 27.8. The van der Waals surface area contributed by atoms with Gasteiger partial charge in [0.15, 0.2) is 0 Å². The van der Waals surface area contributed by atoms with Gasteiger partial charge in [0, 0.05) is 31.3 Å². The third-order valence-corrected chi connectivity index (χ3v) is 7.79. The summed E-state index contributed by atoms with van der Waals surface area (Å²) < 4.78 is 17.3. The largest absolute Gasteiger partial charge is 0.464 e. The maximum Gasteiger partial charge on any atom is 0.317 e. The number of piperidine rings is 1. The van der Waals surface area contributed by atoms with E-state index in [0.717, 1.165) is 24.8 Å². The van der Waals surface area contributed by atoms with E-state index in [0.29, 0.717) is 36.6 Å². The Bertz CT molecular complexity index is 781. The molecule has 5 rings (SSSR count). The van der Waals surface area contributed by atoms with Crippen LogP contribution in [0.2, 0.25) is 0 Å². The number of nitrogens with zero attached hydrogens (tertiary/aromatic N) is 1. The monoisotopic (exact) mass is 507 g/mol. The first kappa shape index (κ1) is 23.7. The van der Waals surface area contributed by atoms with Gasteiger partial charge in [-0.25, -0.2) is 0 Å². The van der Waals surface area contributed by atoms with Crippen molar-refractivity contribution in [3.63, 3.8) is 0 Å². The number of likely N-dealkylation sites (N-methyl/N-ethyl adjacent to an activating group) is 1. The topological polar surface area (TPSA) is 68.4 Å². The van der Waals surface area contributed by atoms with Crippen molar-refractivity contribution >= 4 is 28.9 Å². The summed E-state index contributed by atoms with van der Waals surface area (Å²) in [7, 11) is 2.14. The fourth-order valence-electron chi connectivity index (χ4n) is 5.90. The molecule has 0 radical (unpaired) electrons. The zero-order valence-electron chi connectivity index (χ0n) is 18.7. The molecule has 6 nitrogen and oxygen atoms in total. The highest BCUT2D eigenvalue weighted by Gasteiger charge is 2.62. The minimum Gasteiger partial charge on any atom is -0.464 e. The Morgan fingerprint density at radius 2 is 1.75 bits per heavy atom. The lowest BCUT2D eigenvalue weighted by Crippen LogP contribution is -2.48. The Kier molecular flexibility index (Phi) is 7.58. The zero-order valence-corrected chi connectivity index (χ0v) is 20.4. The number of carbonyl (C=O) groups excluding carboxylic acids is 2. The molecule has 176 valence electrons. The number of benzene rings is 1. The number of epoxide rings is 1. The predicted octanol–water partition coefficient (Wildman–Crippen LogP) is 4.02. The number of esters is 2. The first-order chi connectivity index (χ1) is 15.1. The molecule has 0 N–H and O–H groups in total. The van der Waals surface area contributed by atoms with Gasteiger partial charge in [-0.2, -0.15) is 0 Å². The van der Waals surface area contributed by atoms with Crippen molar-refractivity contribution in [3.8, 4) is 0 Å². The third kappa shape index (κ3) is 5.05. The van der Waals surface area contributed by atoms with Crippen molar-refractivity contribution in [2.45, 2.75) is 87.7 Å². The molecule has 3 saturated heterocycles. The van der Waals surface area contributed by atoms with Crippen LogP contribution in [-0.2, 0) is 23.8 Å². The number of rotatable bonds is 8. The van der Waals surface area contributed by atoms with E-state index in [1.54, 1.807) is 0 Å². The predicted molar refractivity (Wildman–Crippen MR) is 125 cm³/mol. The maximum atomic E-state index is 13.1. The van der Waals surface area contributed by atoms with E-state index in [-0.39, 0.29) is 41.6 Å². The van der Waals surface area contributed by atoms with Gasteiger partial charge in [-0.1, -0.05) is 56.0 Å². The Hall–Kier alpha value is -1.44. The molecule has 7 heteroatoms. The van der Waals surface area contributed by atoms with Crippen LogP contribution in [0, 0.1) is 5.92 Å². The molecule has 1 aromatic carbocycles. The second-order valence-electron chi connectivity index (χ2n) is 9.73. The smallest absolute Gasteiger partial charge is 0.317 e. The van der Waals surface area contributed by atoms with Crippen molar-refractivity contribution < 1.29 is 23.8 Å². The Morgan fingerprint density at radius 1 is 1.09 bits per heavy atom. The quantitative estimate of drug-likeness (QED) is 0.391. The van der Waals surface area contributed by atoms with Gasteiger partial charge in [0.05, 0.1) is 0 Å². The number of morpholine rings is 1. The van der Waals surface area contributed by atoms with E-state index in [1.807, 2.05) is 30.3 Å². The second kappa shape index (κ2) is 10.2. The van der Waals surface area contributed by atoms with Gasteiger partial charge in [-0.05, 0) is 24.9 Å². The molecule has 2 bridgehead atoms. The molecular weight excluding hydrogens is 474 g/mol. The number of carbonyl (C=O) groups is 2. The SMILES string of the molecule is Br.CN1[C@@H]2CC(OC(=O)[C@H](COC(=O)CCC3CCCC3)c3ccccc3)C[C@H]1[C@@H]1O[C@@H]12. The fourth-order valence-corrected chi connectivity index (χ4v) is 5.90. The summed E-state index contributed by atoms with van der Waals surface area (Å²) in [5.74, 6) is -0.439. The van der Waals surface area contributed by atoms with Gasteiger partial charge < -0.3 is 14.2 Å². The van der Waals surface area contributed by atoms with E-state index in [4.69, 9.17) is 14.2 Å². The number of halogens is 1. The molecule has 3 aliphatic heterocycles. The van der Waals surface area contributed by atoms with Gasteiger partial charge in [0.1, 0.15) is 30.8 Å². The molecule has 0 spiro atoms. The van der Waals surface area contributed by atoms with E-state index < -0.39 is 5.92 Å². The second-order valence-corrected chi connectivity index (χ2v) is 9.73. The van der Waals surface area contributed by atoms with Crippen LogP contribution in [0.1, 0.15) is 62.8 Å². The van der Waals surface area contributed by atoms with Crippen LogP contribution >= 0.6 is 17.0 Å².